The first-order chi connectivity index (χ1) is 7.12. The molecule has 1 aliphatic carbocycles. The Bertz CT molecular complexity index is 287. The number of nitrogens with one attached hydrogen (secondary N) is 1. The fraction of sp³-hybridized carbons (Fsp3) is 0.833. The van der Waals surface area contributed by atoms with Crippen LogP contribution in [0.1, 0.15) is 51.9 Å². The van der Waals surface area contributed by atoms with Gasteiger partial charge in [-0.1, -0.05) is 19.8 Å². The molecule has 1 N–H and O–H groups in total. The molecule has 2 amide bonds. The Morgan fingerprint density at radius 1 is 1.27 bits per heavy atom. The molecule has 0 radical (unpaired) electrons. The Morgan fingerprint density at radius 3 is 2.73 bits per heavy atom. The summed E-state index contributed by atoms with van der Waals surface area (Å²) >= 11 is 0. The van der Waals surface area contributed by atoms with Gasteiger partial charge >= 0.3 is 0 Å². The van der Waals surface area contributed by atoms with Gasteiger partial charge in [0, 0.05) is 11.8 Å². The molecule has 1 aliphatic heterocycles. The largest absolute Gasteiger partial charge is 0.296 e. The topological polar surface area (TPSA) is 46.2 Å². The molecule has 1 saturated heterocycles. The Morgan fingerprint density at radius 2 is 2.00 bits per heavy atom. The van der Waals surface area contributed by atoms with Gasteiger partial charge in [-0.05, 0) is 31.6 Å². The number of carbonyl (C=O) groups is 2. The minimum atomic E-state index is -0.218. The van der Waals surface area contributed by atoms with Crippen molar-refractivity contribution in [3.8, 4) is 0 Å². The summed E-state index contributed by atoms with van der Waals surface area (Å²) in [5.41, 5.74) is -0.218. The molecule has 2 rings (SSSR count). The molecule has 1 heterocycles. The smallest absolute Gasteiger partial charge is 0.232 e. The molecule has 0 aromatic carbocycles. The summed E-state index contributed by atoms with van der Waals surface area (Å²) in [5, 5.41) is 2.54. The van der Waals surface area contributed by atoms with Gasteiger partial charge in [0.05, 0.1) is 0 Å². The second-order valence-corrected chi connectivity index (χ2v) is 5.21. The van der Waals surface area contributed by atoms with Crippen LogP contribution in [0, 0.1) is 11.3 Å². The van der Waals surface area contributed by atoms with E-state index in [1.165, 1.54) is 6.42 Å². The lowest BCUT2D eigenvalue weighted by molar-refractivity contribution is -0.137. The Balaban J connectivity index is 2.17. The molecule has 0 bridgehead atoms. The average molecular weight is 209 g/mol. The second kappa shape index (κ2) is 3.95. The average Bonchev–Trinajstić information content (AvgIpc) is 2.28. The van der Waals surface area contributed by atoms with Crippen LogP contribution in [-0.4, -0.2) is 11.8 Å². The van der Waals surface area contributed by atoms with Crippen molar-refractivity contribution in [2.45, 2.75) is 51.9 Å². The SMILES string of the molecule is CC1CCCC2(CCCC(=O)NC2=O)C1. The van der Waals surface area contributed by atoms with E-state index in [2.05, 4.69) is 12.2 Å². The Kier molecular flexibility index (Phi) is 2.81. The fourth-order valence-corrected chi connectivity index (χ4v) is 3.12. The number of imide groups is 1. The summed E-state index contributed by atoms with van der Waals surface area (Å²) in [5.74, 6) is 0.532. The second-order valence-electron chi connectivity index (χ2n) is 5.21. The van der Waals surface area contributed by atoms with Crippen LogP contribution >= 0.6 is 0 Å². The van der Waals surface area contributed by atoms with Gasteiger partial charge in [-0.3, -0.25) is 14.9 Å². The summed E-state index contributed by atoms with van der Waals surface area (Å²) in [6.07, 6.45) is 6.56. The molecule has 0 aromatic rings. The third-order valence-electron chi connectivity index (χ3n) is 3.89. The van der Waals surface area contributed by atoms with Gasteiger partial charge in [0.25, 0.3) is 0 Å². The maximum absolute atomic E-state index is 12.0. The van der Waals surface area contributed by atoms with Crippen LogP contribution < -0.4 is 5.32 Å². The molecule has 1 spiro atoms. The molecule has 2 fully saturated rings. The normalized spacial score (nSPS) is 37.5. The zero-order valence-electron chi connectivity index (χ0n) is 9.34. The van der Waals surface area contributed by atoms with Gasteiger partial charge in [-0.25, -0.2) is 0 Å². The summed E-state index contributed by atoms with van der Waals surface area (Å²) in [7, 11) is 0. The van der Waals surface area contributed by atoms with Gasteiger partial charge in [-0.2, -0.15) is 0 Å². The lowest BCUT2D eigenvalue weighted by atomic mass is 9.67. The molecular formula is C12H19NO2. The van der Waals surface area contributed by atoms with Crippen molar-refractivity contribution >= 4 is 11.8 Å². The number of amides is 2. The Labute approximate surface area is 90.6 Å². The van der Waals surface area contributed by atoms with E-state index in [1.54, 1.807) is 0 Å². The van der Waals surface area contributed by atoms with Crippen molar-refractivity contribution in [1.82, 2.24) is 5.32 Å². The highest BCUT2D eigenvalue weighted by Crippen LogP contribution is 2.44. The molecule has 2 atom stereocenters. The molecule has 2 aliphatic rings. The maximum Gasteiger partial charge on any atom is 0.232 e. The van der Waals surface area contributed by atoms with E-state index in [0.717, 1.165) is 32.1 Å². The minimum absolute atomic E-state index is 0.00319. The summed E-state index contributed by atoms with van der Waals surface area (Å²) < 4.78 is 0. The Hall–Kier alpha value is -0.860. The van der Waals surface area contributed by atoms with Crippen molar-refractivity contribution in [1.29, 1.82) is 0 Å². The first kappa shape index (κ1) is 10.7. The predicted molar refractivity (Wildman–Crippen MR) is 57.1 cm³/mol. The zero-order chi connectivity index (χ0) is 10.9. The summed E-state index contributed by atoms with van der Waals surface area (Å²) in [4.78, 5) is 23.3. The van der Waals surface area contributed by atoms with Crippen molar-refractivity contribution in [3.05, 3.63) is 0 Å². The van der Waals surface area contributed by atoms with E-state index >= 15 is 0 Å². The van der Waals surface area contributed by atoms with Crippen LogP contribution in [0.15, 0.2) is 0 Å². The standard InChI is InChI=1S/C12H19NO2/c1-9-4-2-6-12(8-9)7-3-5-10(14)13-11(12)15/h9H,2-8H2,1H3,(H,13,14,15). The van der Waals surface area contributed by atoms with Crippen LogP contribution in [-0.2, 0) is 9.59 Å². The molecule has 3 nitrogen and oxygen atoms in total. The lowest BCUT2D eigenvalue weighted by Crippen LogP contribution is -2.43. The predicted octanol–water partition coefficient (Wildman–Crippen LogP) is 2.01. The number of hydrogen-bond donors (Lipinski definition) is 1. The van der Waals surface area contributed by atoms with E-state index in [4.69, 9.17) is 0 Å². The van der Waals surface area contributed by atoms with Crippen LogP contribution in [0.5, 0.6) is 0 Å². The zero-order valence-corrected chi connectivity index (χ0v) is 9.34. The quantitative estimate of drug-likeness (QED) is 0.620. The van der Waals surface area contributed by atoms with E-state index in [1.807, 2.05) is 0 Å². The van der Waals surface area contributed by atoms with Gasteiger partial charge in [0.2, 0.25) is 11.8 Å². The lowest BCUT2D eigenvalue weighted by Gasteiger charge is -2.37. The maximum atomic E-state index is 12.0. The van der Waals surface area contributed by atoms with Gasteiger partial charge in [0.1, 0.15) is 0 Å². The molecule has 84 valence electrons. The summed E-state index contributed by atoms with van der Waals surface area (Å²) in [6, 6.07) is 0. The number of rotatable bonds is 0. The third-order valence-corrected chi connectivity index (χ3v) is 3.89. The minimum Gasteiger partial charge on any atom is -0.296 e. The van der Waals surface area contributed by atoms with Gasteiger partial charge in [-0.15, -0.1) is 0 Å². The van der Waals surface area contributed by atoms with Gasteiger partial charge < -0.3 is 0 Å². The van der Waals surface area contributed by atoms with Crippen molar-refractivity contribution in [3.63, 3.8) is 0 Å². The fourth-order valence-electron chi connectivity index (χ4n) is 3.12. The van der Waals surface area contributed by atoms with Crippen LogP contribution in [0.3, 0.4) is 0 Å². The molecule has 3 heteroatoms. The van der Waals surface area contributed by atoms with E-state index < -0.39 is 0 Å². The number of carbonyl (C=O) groups excluding carboxylic acids is 2. The number of hydrogen-bond acceptors (Lipinski definition) is 2. The van der Waals surface area contributed by atoms with Crippen LogP contribution in [0.2, 0.25) is 0 Å². The third kappa shape index (κ3) is 2.06. The highest BCUT2D eigenvalue weighted by atomic mass is 16.2. The molecule has 15 heavy (non-hydrogen) atoms. The molecule has 2 unspecified atom stereocenters. The van der Waals surface area contributed by atoms with Crippen LogP contribution in [0.25, 0.3) is 0 Å². The summed E-state index contributed by atoms with van der Waals surface area (Å²) in [6.45, 7) is 2.21. The van der Waals surface area contributed by atoms with Crippen molar-refractivity contribution in [2.75, 3.05) is 0 Å². The highest BCUT2D eigenvalue weighted by Gasteiger charge is 2.43. The van der Waals surface area contributed by atoms with Gasteiger partial charge in [0.15, 0.2) is 0 Å². The molecular weight excluding hydrogens is 190 g/mol. The van der Waals surface area contributed by atoms with E-state index in [9.17, 15) is 9.59 Å². The molecule has 1 saturated carbocycles. The monoisotopic (exact) mass is 209 g/mol. The molecule has 0 aromatic heterocycles. The van der Waals surface area contributed by atoms with Crippen molar-refractivity contribution in [2.24, 2.45) is 11.3 Å². The highest BCUT2D eigenvalue weighted by molar-refractivity contribution is 5.98. The van der Waals surface area contributed by atoms with Crippen molar-refractivity contribution < 1.29 is 9.59 Å². The van der Waals surface area contributed by atoms with E-state index in [0.29, 0.717) is 12.3 Å². The first-order valence-electron chi connectivity index (χ1n) is 5.97. The first-order valence-corrected chi connectivity index (χ1v) is 5.97. The van der Waals surface area contributed by atoms with Crippen LogP contribution in [0.4, 0.5) is 0 Å². The van der Waals surface area contributed by atoms with E-state index in [-0.39, 0.29) is 17.2 Å².